The van der Waals surface area contributed by atoms with Gasteiger partial charge in [0.1, 0.15) is 0 Å². The first-order valence-electron chi connectivity index (χ1n) is 3.12. The summed E-state index contributed by atoms with van der Waals surface area (Å²) < 4.78 is 2.18. The van der Waals surface area contributed by atoms with Crippen LogP contribution >= 0.6 is 75.3 Å². The van der Waals surface area contributed by atoms with E-state index in [-0.39, 0.29) is 10.6 Å². The standard InChI is InChI=1S/C7HBr4ClO2/c8-2-1(7(13)14)6(12)5(11)4(10)3(2)9/h(H,13,14). The lowest BCUT2D eigenvalue weighted by atomic mass is 10.2. The van der Waals surface area contributed by atoms with E-state index in [4.69, 9.17) is 16.7 Å². The van der Waals surface area contributed by atoms with Crippen LogP contribution in [0.25, 0.3) is 0 Å². The van der Waals surface area contributed by atoms with Gasteiger partial charge in [0.05, 0.1) is 15.1 Å². The van der Waals surface area contributed by atoms with E-state index in [1.54, 1.807) is 0 Å². The average Bonchev–Trinajstić information content (AvgIpc) is 2.11. The van der Waals surface area contributed by atoms with E-state index in [1.165, 1.54) is 0 Å². The number of aromatic carboxylic acids is 1. The molecular formula is C7HBr4ClO2. The highest BCUT2D eigenvalue weighted by atomic mass is 79.9. The van der Waals surface area contributed by atoms with Gasteiger partial charge in [0.25, 0.3) is 0 Å². The molecule has 0 heterocycles. The van der Waals surface area contributed by atoms with Crippen molar-refractivity contribution in [3.63, 3.8) is 0 Å². The van der Waals surface area contributed by atoms with Gasteiger partial charge in [-0.05, 0) is 63.7 Å². The molecule has 1 rings (SSSR count). The SMILES string of the molecule is O=C(O)c1c(Cl)c(Br)c(Br)c(Br)c1Br. The molecule has 1 aromatic rings. The zero-order chi connectivity index (χ0) is 11.0. The Morgan fingerprint density at radius 2 is 1.43 bits per heavy atom. The van der Waals surface area contributed by atoms with Gasteiger partial charge >= 0.3 is 5.97 Å². The highest BCUT2D eigenvalue weighted by Gasteiger charge is 2.22. The molecule has 0 radical (unpaired) electrons. The Morgan fingerprint density at radius 3 is 1.86 bits per heavy atom. The summed E-state index contributed by atoms with van der Waals surface area (Å²) in [7, 11) is 0. The van der Waals surface area contributed by atoms with Crippen molar-refractivity contribution in [3.8, 4) is 0 Å². The average molecular weight is 472 g/mol. The van der Waals surface area contributed by atoms with Crippen LogP contribution in [-0.2, 0) is 0 Å². The predicted molar refractivity (Wildman–Crippen MR) is 69.2 cm³/mol. The molecule has 0 aliphatic heterocycles. The van der Waals surface area contributed by atoms with Crippen LogP contribution < -0.4 is 0 Å². The van der Waals surface area contributed by atoms with Gasteiger partial charge in [0.2, 0.25) is 0 Å². The molecule has 14 heavy (non-hydrogen) atoms. The number of hydrogen-bond acceptors (Lipinski definition) is 1. The molecule has 0 fully saturated rings. The minimum Gasteiger partial charge on any atom is -0.478 e. The molecule has 7 heteroatoms. The number of carboxylic acid groups (broad SMARTS) is 1. The highest BCUT2D eigenvalue weighted by molar-refractivity contribution is 9.15. The van der Waals surface area contributed by atoms with Crippen LogP contribution in [-0.4, -0.2) is 11.1 Å². The second kappa shape index (κ2) is 4.82. The third-order valence-electron chi connectivity index (χ3n) is 1.42. The van der Waals surface area contributed by atoms with Crippen LogP contribution in [0.15, 0.2) is 17.9 Å². The summed E-state index contributed by atoms with van der Waals surface area (Å²) in [5.74, 6) is -1.09. The van der Waals surface area contributed by atoms with Crippen molar-refractivity contribution >= 4 is 81.3 Å². The van der Waals surface area contributed by atoms with Gasteiger partial charge in [-0.1, -0.05) is 11.6 Å². The van der Waals surface area contributed by atoms with Crippen molar-refractivity contribution < 1.29 is 9.90 Å². The zero-order valence-electron chi connectivity index (χ0n) is 6.25. The van der Waals surface area contributed by atoms with Crippen molar-refractivity contribution in [3.05, 3.63) is 28.5 Å². The molecule has 0 spiro atoms. The zero-order valence-corrected chi connectivity index (χ0v) is 13.3. The summed E-state index contributed by atoms with van der Waals surface area (Å²) in [6, 6.07) is 0. The van der Waals surface area contributed by atoms with Crippen molar-refractivity contribution in [2.24, 2.45) is 0 Å². The summed E-state index contributed by atoms with van der Waals surface area (Å²) in [5.41, 5.74) is 0.0219. The molecule has 0 aromatic heterocycles. The maximum atomic E-state index is 10.9. The molecule has 0 saturated carbocycles. The van der Waals surface area contributed by atoms with Gasteiger partial charge < -0.3 is 5.11 Å². The number of rotatable bonds is 1. The number of carbonyl (C=O) groups is 1. The maximum Gasteiger partial charge on any atom is 0.338 e. The van der Waals surface area contributed by atoms with Crippen LogP contribution in [0.2, 0.25) is 5.02 Å². The summed E-state index contributed by atoms with van der Waals surface area (Å²) in [4.78, 5) is 10.9. The Balaban J connectivity index is 3.68. The van der Waals surface area contributed by atoms with Gasteiger partial charge in [0.15, 0.2) is 0 Å². The van der Waals surface area contributed by atoms with Crippen molar-refractivity contribution in [2.75, 3.05) is 0 Å². The molecule has 2 nitrogen and oxygen atoms in total. The first-order valence-corrected chi connectivity index (χ1v) is 6.67. The lowest BCUT2D eigenvalue weighted by Gasteiger charge is -2.09. The van der Waals surface area contributed by atoms with Gasteiger partial charge in [-0.25, -0.2) is 4.79 Å². The molecule has 0 unspecified atom stereocenters. The lowest BCUT2D eigenvalue weighted by Crippen LogP contribution is -2.00. The Bertz CT molecular complexity index is 390. The molecule has 0 aliphatic carbocycles. The van der Waals surface area contributed by atoms with Gasteiger partial charge in [0, 0.05) is 13.4 Å². The fourth-order valence-electron chi connectivity index (χ4n) is 0.793. The summed E-state index contributed by atoms with van der Waals surface area (Å²) in [5, 5.41) is 9.07. The summed E-state index contributed by atoms with van der Waals surface area (Å²) in [6.07, 6.45) is 0. The van der Waals surface area contributed by atoms with E-state index in [1.807, 2.05) is 0 Å². The van der Waals surface area contributed by atoms with E-state index in [0.717, 1.165) is 0 Å². The number of hydrogen-bond donors (Lipinski definition) is 1. The molecule has 0 amide bonds. The molecular weight excluding hydrogens is 471 g/mol. The first-order chi connectivity index (χ1) is 6.37. The number of halogens is 5. The van der Waals surface area contributed by atoms with Crippen LogP contribution in [0, 0.1) is 0 Å². The summed E-state index contributed by atoms with van der Waals surface area (Å²) in [6.45, 7) is 0. The molecule has 0 atom stereocenters. The number of benzene rings is 1. The van der Waals surface area contributed by atoms with Gasteiger partial charge in [-0.2, -0.15) is 0 Å². The van der Waals surface area contributed by atoms with Gasteiger partial charge in [-0.15, -0.1) is 0 Å². The van der Waals surface area contributed by atoms with Crippen LogP contribution in [0.1, 0.15) is 10.4 Å². The monoisotopic (exact) mass is 468 g/mol. The predicted octanol–water partition coefficient (Wildman–Crippen LogP) is 5.09. The summed E-state index contributed by atoms with van der Waals surface area (Å²) >= 11 is 18.7. The van der Waals surface area contributed by atoms with E-state index in [2.05, 4.69) is 63.7 Å². The quantitative estimate of drug-likeness (QED) is 0.457. The Kier molecular flexibility index (Phi) is 4.47. The maximum absolute atomic E-state index is 10.9. The molecule has 0 saturated heterocycles. The van der Waals surface area contributed by atoms with Crippen LogP contribution in [0.3, 0.4) is 0 Å². The van der Waals surface area contributed by atoms with Crippen LogP contribution in [0.5, 0.6) is 0 Å². The van der Waals surface area contributed by atoms with Crippen molar-refractivity contribution in [1.82, 2.24) is 0 Å². The molecule has 1 aromatic carbocycles. The van der Waals surface area contributed by atoms with Crippen LogP contribution in [0.4, 0.5) is 0 Å². The second-order valence-corrected chi connectivity index (χ2v) is 5.80. The van der Waals surface area contributed by atoms with Crippen molar-refractivity contribution in [2.45, 2.75) is 0 Å². The van der Waals surface area contributed by atoms with Gasteiger partial charge in [-0.3, -0.25) is 0 Å². The minimum atomic E-state index is -1.09. The number of carboxylic acids is 1. The molecule has 0 aliphatic rings. The minimum absolute atomic E-state index is 0.0219. The van der Waals surface area contributed by atoms with Crippen molar-refractivity contribution in [1.29, 1.82) is 0 Å². The van der Waals surface area contributed by atoms with E-state index < -0.39 is 5.97 Å². The highest BCUT2D eigenvalue weighted by Crippen LogP contribution is 2.44. The fourth-order valence-corrected chi connectivity index (χ4v) is 3.58. The first kappa shape index (κ1) is 13.0. The van der Waals surface area contributed by atoms with E-state index >= 15 is 0 Å². The third-order valence-corrected chi connectivity index (χ3v) is 6.80. The third kappa shape index (κ3) is 2.19. The second-order valence-electron chi connectivity index (χ2n) is 2.25. The van der Waals surface area contributed by atoms with E-state index in [0.29, 0.717) is 17.9 Å². The Labute approximate surface area is 119 Å². The normalized spacial score (nSPS) is 10.4. The Hall–Kier alpha value is 0.900. The molecule has 76 valence electrons. The largest absolute Gasteiger partial charge is 0.478 e. The lowest BCUT2D eigenvalue weighted by molar-refractivity contribution is 0.0696. The molecule has 0 bridgehead atoms. The topological polar surface area (TPSA) is 37.3 Å². The smallest absolute Gasteiger partial charge is 0.338 e. The Morgan fingerprint density at radius 1 is 1.00 bits per heavy atom. The van der Waals surface area contributed by atoms with E-state index in [9.17, 15) is 4.79 Å². The molecule has 1 N–H and O–H groups in total. The fraction of sp³-hybridized carbons (Fsp3) is 0.